The fourth-order valence-corrected chi connectivity index (χ4v) is 3.45. The van der Waals surface area contributed by atoms with Crippen LogP contribution in [0.3, 0.4) is 0 Å². The lowest BCUT2D eigenvalue weighted by molar-refractivity contribution is -0.131. The van der Waals surface area contributed by atoms with Gasteiger partial charge in [-0.2, -0.15) is 0 Å². The summed E-state index contributed by atoms with van der Waals surface area (Å²) >= 11 is 0. The number of benzene rings is 1. The van der Waals surface area contributed by atoms with Gasteiger partial charge in [0.1, 0.15) is 25.5 Å². The lowest BCUT2D eigenvalue weighted by Crippen LogP contribution is -2.54. The third-order valence-corrected chi connectivity index (χ3v) is 5.61. The van der Waals surface area contributed by atoms with E-state index in [-0.39, 0.29) is 37.3 Å². The number of carbonyl (C=O) groups excluding carboxylic acids is 5. The zero-order valence-electron chi connectivity index (χ0n) is 19.0. The highest BCUT2D eigenvalue weighted by Gasteiger charge is 2.31. The Labute approximate surface area is 193 Å². The fourth-order valence-electron chi connectivity index (χ4n) is 3.45. The van der Waals surface area contributed by atoms with E-state index in [9.17, 15) is 24.0 Å². The quantitative estimate of drug-likeness (QED) is 0.338. The van der Waals surface area contributed by atoms with E-state index in [1.54, 1.807) is 19.1 Å². The summed E-state index contributed by atoms with van der Waals surface area (Å²) < 4.78 is 5.06. The zero-order chi connectivity index (χ0) is 24.2. The van der Waals surface area contributed by atoms with Crippen LogP contribution < -0.4 is 21.3 Å². The predicted octanol–water partition coefficient (Wildman–Crippen LogP) is 0.654. The molecule has 0 aliphatic carbocycles. The van der Waals surface area contributed by atoms with Crippen LogP contribution in [0.2, 0.25) is 0 Å². The molecule has 33 heavy (non-hydrogen) atoms. The first-order valence-electron chi connectivity index (χ1n) is 11.1. The van der Waals surface area contributed by atoms with Gasteiger partial charge in [-0.05, 0) is 24.3 Å². The van der Waals surface area contributed by atoms with E-state index in [0.717, 1.165) is 5.56 Å². The number of hydrogen-bond acceptors (Lipinski definition) is 6. The maximum absolute atomic E-state index is 12.8. The zero-order valence-corrected chi connectivity index (χ0v) is 19.0. The van der Waals surface area contributed by atoms with Gasteiger partial charge in [0.25, 0.3) is 0 Å². The van der Waals surface area contributed by atoms with Gasteiger partial charge in [0.05, 0.1) is 6.04 Å². The maximum Gasteiger partial charge on any atom is 0.407 e. The first-order chi connectivity index (χ1) is 15.8. The minimum Gasteiger partial charge on any atom is -0.445 e. The van der Waals surface area contributed by atoms with E-state index in [2.05, 4.69) is 21.3 Å². The van der Waals surface area contributed by atoms with E-state index in [1.165, 1.54) is 0 Å². The lowest BCUT2D eigenvalue weighted by Gasteiger charge is -2.25. The van der Waals surface area contributed by atoms with Crippen LogP contribution in [0.5, 0.6) is 0 Å². The molecule has 0 aromatic heterocycles. The SMILES string of the molecule is CC[C@@H](C)[C@H](NC(=O)CNC(=O)OCc1ccccc1)C(=O)N[C@H](C=O)CC1CCNC1=O. The molecule has 1 heterocycles. The smallest absolute Gasteiger partial charge is 0.407 e. The maximum atomic E-state index is 12.8. The summed E-state index contributed by atoms with van der Waals surface area (Å²) in [5.41, 5.74) is 0.811. The van der Waals surface area contributed by atoms with Crippen LogP contribution in [0.25, 0.3) is 0 Å². The molecule has 0 radical (unpaired) electrons. The van der Waals surface area contributed by atoms with Crippen LogP contribution in [-0.2, 0) is 30.5 Å². The number of alkyl carbamates (subject to hydrolysis) is 1. The van der Waals surface area contributed by atoms with Gasteiger partial charge in [0.2, 0.25) is 17.7 Å². The Hall–Kier alpha value is -3.43. The third-order valence-electron chi connectivity index (χ3n) is 5.61. The van der Waals surface area contributed by atoms with Crippen LogP contribution in [0.4, 0.5) is 4.79 Å². The lowest BCUT2D eigenvalue weighted by atomic mass is 9.96. The molecule has 180 valence electrons. The average molecular weight is 461 g/mol. The molecule has 0 bridgehead atoms. The van der Waals surface area contributed by atoms with Gasteiger partial charge < -0.3 is 30.8 Å². The standard InChI is InChI=1S/C23H32N4O6/c1-3-15(2)20(22(31)26-18(13-28)11-17-9-10-24-21(17)30)27-19(29)12-25-23(32)33-14-16-7-5-4-6-8-16/h4-8,13,15,17-18,20H,3,9-12,14H2,1-2H3,(H,24,30)(H,25,32)(H,26,31)(H,27,29)/t15-,17?,18+,20+/m1/s1. The molecule has 0 saturated carbocycles. The van der Waals surface area contributed by atoms with Gasteiger partial charge in [0.15, 0.2) is 0 Å². The molecular weight excluding hydrogens is 428 g/mol. The Morgan fingerprint density at radius 1 is 1.21 bits per heavy atom. The normalized spacial score (nSPS) is 17.8. The molecule has 1 fully saturated rings. The third kappa shape index (κ3) is 8.55. The molecule has 1 unspecified atom stereocenters. The molecule has 1 aliphatic rings. The van der Waals surface area contributed by atoms with Crippen molar-refractivity contribution in [2.45, 2.75) is 51.8 Å². The highest BCUT2D eigenvalue weighted by atomic mass is 16.5. The number of aldehydes is 1. The van der Waals surface area contributed by atoms with Crippen molar-refractivity contribution in [1.82, 2.24) is 21.3 Å². The molecule has 0 spiro atoms. The Morgan fingerprint density at radius 3 is 2.55 bits per heavy atom. The van der Waals surface area contributed by atoms with E-state index in [1.807, 2.05) is 25.1 Å². The molecule has 1 saturated heterocycles. The second-order valence-corrected chi connectivity index (χ2v) is 8.11. The summed E-state index contributed by atoms with van der Waals surface area (Å²) in [6, 6.07) is 7.37. The Kier molecular flexibility index (Phi) is 10.3. The Balaban J connectivity index is 1.84. The summed E-state index contributed by atoms with van der Waals surface area (Å²) in [5.74, 6) is -1.76. The number of nitrogens with one attached hydrogen (secondary N) is 4. The van der Waals surface area contributed by atoms with Crippen LogP contribution in [-0.4, -0.2) is 55.3 Å². The van der Waals surface area contributed by atoms with Gasteiger partial charge in [-0.15, -0.1) is 0 Å². The van der Waals surface area contributed by atoms with E-state index in [4.69, 9.17) is 4.74 Å². The first kappa shape index (κ1) is 25.8. The topological polar surface area (TPSA) is 143 Å². The summed E-state index contributed by atoms with van der Waals surface area (Å²) in [7, 11) is 0. The Morgan fingerprint density at radius 2 is 1.94 bits per heavy atom. The molecule has 4 amide bonds. The van der Waals surface area contributed by atoms with Crippen LogP contribution in [0.1, 0.15) is 38.7 Å². The van der Waals surface area contributed by atoms with Gasteiger partial charge in [-0.25, -0.2) is 4.79 Å². The molecule has 4 N–H and O–H groups in total. The van der Waals surface area contributed by atoms with Crippen LogP contribution in [0.15, 0.2) is 30.3 Å². The van der Waals surface area contributed by atoms with Gasteiger partial charge in [-0.1, -0.05) is 50.6 Å². The molecule has 1 aliphatic heterocycles. The number of ether oxygens (including phenoxy) is 1. The number of carbonyl (C=O) groups is 5. The van der Waals surface area contributed by atoms with Crippen molar-refractivity contribution in [1.29, 1.82) is 0 Å². The van der Waals surface area contributed by atoms with Crippen molar-refractivity contribution in [2.24, 2.45) is 11.8 Å². The highest BCUT2D eigenvalue weighted by Crippen LogP contribution is 2.16. The van der Waals surface area contributed by atoms with Gasteiger partial charge >= 0.3 is 6.09 Å². The van der Waals surface area contributed by atoms with Crippen molar-refractivity contribution < 1.29 is 28.7 Å². The largest absolute Gasteiger partial charge is 0.445 e. The molecule has 4 atom stereocenters. The number of amides is 4. The van der Waals surface area contributed by atoms with Gasteiger partial charge in [0, 0.05) is 12.5 Å². The molecule has 10 heteroatoms. The minimum atomic E-state index is -0.899. The molecule has 1 aromatic rings. The van der Waals surface area contributed by atoms with E-state index in [0.29, 0.717) is 25.7 Å². The average Bonchev–Trinajstić information content (AvgIpc) is 3.23. The molecular formula is C23H32N4O6. The van der Waals surface area contributed by atoms with E-state index < -0.39 is 30.0 Å². The van der Waals surface area contributed by atoms with Crippen LogP contribution >= 0.6 is 0 Å². The van der Waals surface area contributed by atoms with Crippen LogP contribution in [0, 0.1) is 11.8 Å². The second-order valence-electron chi connectivity index (χ2n) is 8.11. The summed E-state index contributed by atoms with van der Waals surface area (Å²) in [6.07, 6.45) is 1.26. The summed E-state index contributed by atoms with van der Waals surface area (Å²) in [6.45, 7) is 3.92. The monoisotopic (exact) mass is 460 g/mol. The van der Waals surface area contributed by atoms with Gasteiger partial charge in [-0.3, -0.25) is 14.4 Å². The van der Waals surface area contributed by atoms with E-state index >= 15 is 0 Å². The molecule has 2 rings (SSSR count). The van der Waals surface area contributed by atoms with Crippen molar-refractivity contribution in [3.05, 3.63) is 35.9 Å². The highest BCUT2D eigenvalue weighted by molar-refractivity contribution is 5.91. The fraction of sp³-hybridized carbons (Fsp3) is 0.522. The minimum absolute atomic E-state index is 0.0678. The van der Waals surface area contributed by atoms with Crippen molar-refractivity contribution in [3.63, 3.8) is 0 Å². The Bertz CT molecular complexity index is 832. The summed E-state index contributed by atoms with van der Waals surface area (Å²) in [4.78, 5) is 60.2. The van der Waals surface area contributed by atoms with Crippen molar-refractivity contribution in [3.8, 4) is 0 Å². The number of rotatable bonds is 12. The van der Waals surface area contributed by atoms with Crippen molar-refractivity contribution >= 4 is 30.1 Å². The second kappa shape index (κ2) is 13.2. The van der Waals surface area contributed by atoms with Crippen molar-refractivity contribution in [2.75, 3.05) is 13.1 Å². The number of hydrogen-bond donors (Lipinski definition) is 4. The predicted molar refractivity (Wildman–Crippen MR) is 120 cm³/mol. The molecule has 10 nitrogen and oxygen atoms in total. The molecule has 1 aromatic carbocycles. The summed E-state index contributed by atoms with van der Waals surface area (Å²) in [5, 5.41) is 10.3. The first-order valence-corrected chi connectivity index (χ1v) is 11.1.